The molecule has 0 unspecified atom stereocenters. The molecule has 3 rings (SSSR count). The number of hydrogen-bond donors (Lipinski definition) is 0. The van der Waals surface area contributed by atoms with Gasteiger partial charge in [-0.2, -0.15) is 0 Å². The maximum absolute atomic E-state index is 5.77. The predicted octanol–water partition coefficient (Wildman–Crippen LogP) is 5.38. The van der Waals surface area contributed by atoms with Crippen molar-refractivity contribution in [1.29, 1.82) is 0 Å². The number of halogens is 1. The molecule has 23 heavy (non-hydrogen) atoms. The van der Waals surface area contributed by atoms with Crippen LogP contribution in [0.4, 0.5) is 0 Å². The molecule has 0 aliphatic carbocycles. The smallest absolute Gasteiger partial charge is 0.277 e. The minimum atomic E-state index is 0.280. The summed E-state index contributed by atoms with van der Waals surface area (Å²) < 4.78 is 12.5. The van der Waals surface area contributed by atoms with E-state index in [9.17, 15) is 0 Å². The van der Waals surface area contributed by atoms with E-state index >= 15 is 0 Å². The van der Waals surface area contributed by atoms with Gasteiger partial charge in [-0.25, -0.2) is 0 Å². The van der Waals surface area contributed by atoms with Crippen LogP contribution in [-0.4, -0.2) is 10.2 Å². The second-order valence-corrected chi connectivity index (χ2v) is 8.49. The van der Waals surface area contributed by atoms with E-state index in [1.807, 2.05) is 32.0 Å². The fourth-order valence-corrected chi connectivity index (χ4v) is 4.23. The molecule has 0 N–H and O–H groups in total. The summed E-state index contributed by atoms with van der Waals surface area (Å²) in [5.74, 6) is 2.15. The molecule has 0 aliphatic heterocycles. The van der Waals surface area contributed by atoms with Crippen molar-refractivity contribution in [3.8, 4) is 5.75 Å². The third-order valence-electron chi connectivity index (χ3n) is 3.11. The highest BCUT2D eigenvalue weighted by Gasteiger charge is 2.09. The Labute approximate surface area is 151 Å². The lowest BCUT2D eigenvalue weighted by Gasteiger charge is -2.07. The zero-order valence-corrected chi connectivity index (χ0v) is 15.9. The third-order valence-corrected chi connectivity index (χ3v) is 5.78. The van der Waals surface area contributed by atoms with Crippen molar-refractivity contribution < 1.29 is 9.15 Å². The van der Waals surface area contributed by atoms with Crippen LogP contribution in [0.2, 0.25) is 0 Å². The molecule has 7 heteroatoms. The first-order valence-electron chi connectivity index (χ1n) is 6.99. The Balaban J connectivity index is 1.55. The van der Waals surface area contributed by atoms with Crippen LogP contribution >= 0.6 is 39.0 Å². The van der Waals surface area contributed by atoms with Crippen molar-refractivity contribution in [3.05, 3.63) is 56.0 Å². The molecule has 0 bridgehead atoms. The highest BCUT2D eigenvalue weighted by Crippen LogP contribution is 2.29. The average molecular weight is 411 g/mol. The van der Waals surface area contributed by atoms with Gasteiger partial charge in [-0.05, 0) is 59.1 Å². The first-order valence-corrected chi connectivity index (χ1v) is 9.59. The van der Waals surface area contributed by atoms with Gasteiger partial charge in [0.15, 0.2) is 6.61 Å². The van der Waals surface area contributed by atoms with Crippen molar-refractivity contribution in [1.82, 2.24) is 10.2 Å². The van der Waals surface area contributed by atoms with Crippen LogP contribution in [0.1, 0.15) is 21.9 Å². The topological polar surface area (TPSA) is 48.2 Å². The number of thioether (sulfide) groups is 1. The number of aryl methyl sites for hydroxylation is 2. The average Bonchev–Trinajstić information content (AvgIpc) is 3.15. The maximum Gasteiger partial charge on any atom is 0.277 e. The SMILES string of the molecule is Cc1ccc(C)c(OCc2nnc(SCc3ccc(Br)s3)o2)c1. The van der Waals surface area contributed by atoms with Crippen LogP contribution in [0.5, 0.6) is 5.75 Å². The number of thiophene rings is 1. The van der Waals surface area contributed by atoms with E-state index in [4.69, 9.17) is 9.15 Å². The summed E-state index contributed by atoms with van der Waals surface area (Å²) in [6.45, 7) is 4.34. The zero-order chi connectivity index (χ0) is 16.2. The van der Waals surface area contributed by atoms with Gasteiger partial charge in [-0.3, -0.25) is 0 Å². The summed E-state index contributed by atoms with van der Waals surface area (Å²) in [6, 6.07) is 10.2. The Kier molecular flexibility index (Phi) is 5.40. The normalized spacial score (nSPS) is 10.9. The first-order chi connectivity index (χ1) is 11.1. The Morgan fingerprint density at radius 3 is 2.87 bits per heavy atom. The fourth-order valence-electron chi connectivity index (χ4n) is 1.92. The van der Waals surface area contributed by atoms with E-state index in [0.29, 0.717) is 11.1 Å². The van der Waals surface area contributed by atoms with Crippen molar-refractivity contribution in [3.63, 3.8) is 0 Å². The molecule has 0 radical (unpaired) electrons. The first kappa shape index (κ1) is 16.5. The molecule has 4 nitrogen and oxygen atoms in total. The highest BCUT2D eigenvalue weighted by molar-refractivity contribution is 9.11. The second-order valence-electron chi connectivity index (χ2n) is 5.01. The van der Waals surface area contributed by atoms with Crippen LogP contribution in [0, 0.1) is 13.8 Å². The molecule has 0 saturated carbocycles. The predicted molar refractivity (Wildman–Crippen MR) is 96.1 cm³/mol. The Bertz CT molecular complexity index is 801. The molecular formula is C16H15BrN2O2S2. The summed E-state index contributed by atoms with van der Waals surface area (Å²) in [4.78, 5) is 1.26. The molecule has 2 heterocycles. The maximum atomic E-state index is 5.77. The summed E-state index contributed by atoms with van der Waals surface area (Å²) in [7, 11) is 0. The largest absolute Gasteiger partial charge is 0.484 e. The van der Waals surface area contributed by atoms with Gasteiger partial charge >= 0.3 is 0 Å². The van der Waals surface area contributed by atoms with Crippen molar-refractivity contribution in [2.45, 2.75) is 31.4 Å². The molecule has 1 aromatic carbocycles. The summed E-state index contributed by atoms with van der Waals surface area (Å²) in [5.41, 5.74) is 2.25. The number of ether oxygens (including phenoxy) is 1. The van der Waals surface area contributed by atoms with Gasteiger partial charge < -0.3 is 9.15 Å². The van der Waals surface area contributed by atoms with E-state index in [1.54, 1.807) is 11.3 Å². The third kappa shape index (κ3) is 4.59. The van der Waals surface area contributed by atoms with Gasteiger partial charge in [-0.1, -0.05) is 23.9 Å². The van der Waals surface area contributed by atoms with Crippen LogP contribution in [0.25, 0.3) is 0 Å². The molecule has 3 aromatic rings. The van der Waals surface area contributed by atoms with Gasteiger partial charge in [0.05, 0.1) is 3.79 Å². The minimum Gasteiger partial charge on any atom is -0.484 e. The fraction of sp³-hybridized carbons (Fsp3) is 0.250. The monoisotopic (exact) mass is 410 g/mol. The molecule has 0 amide bonds. The zero-order valence-electron chi connectivity index (χ0n) is 12.7. The molecule has 2 aromatic heterocycles. The Hall–Kier alpha value is -1.31. The molecule has 0 fully saturated rings. The van der Waals surface area contributed by atoms with E-state index in [2.05, 4.69) is 38.3 Å². The molecular weight excluding hydrogens is 396 g/mol. The molecule has 0 saturated heterocycles. The van der Waals surface area contributed by atoms with Crippen LogP contribution in [-0.2, 0) is 12.4 Å². The molecule has 120 valence electrons. The number of rotatable bonds is 6. The summed E-state index contributed by atoms with van der Waals surface area (Å²) >= 11 is 6.69. The van der Waals surface area contributed by atoms with Gasteiger partial charge in [-0.15, -0.1) is 21.5 Å². The van der Waals surface area contributed by atoms with Gasteiger partial charge in [0.25, 0.3) is 11.1 Å². The summed E-state index contributed by atoms with van der Waals surface area (Å²) in [6.07, 6.45) is 0. The number of aromatic nitrogens is 2. The van der Waals surface area contributed by atoms with Crippen LogP contribution in [0.15, 0.2) is 43.8 Å². The number of hydrogen-bond acceptors (Lipinski definition) is 6. The lowest BCUT2D eigenvalue weighted by molar-refractivity contribution is 0.250. The molecule has 0 spiro atoms. The van der Waals surface area contributed by atoms with Gasteiger partial charge in [0, 0.05) is 10.6 Å². The summed E-state index contributed by atoms with van der Waals surface area (Å²) in [5, 5.41) is 8.65. The highest BCUT2D eigenvalue weighted by atomic mass is 79.9. The van der Waals surface area contributed by atoms with E-state index in [0.717, 1.165) is 26.4 Å². The number of benzene rings is 1. The van der Waals surface area contributed by atoms with Gasteiger partial charge in [0.1, 0.15) is 5.75 Å². The minimum absolute atomic E-state index is 0.280. The van der Waals surface area contributed by atoms with Crippen LogP contribution in [0.3, 0.4) is 0 Å². The number of nitrogens with zero attached hydrogens (tertiary/aromatic N) is 2. The van der Waals surface area contributed by atoms with Crippen LogP contribution < -0.4 is 4.74 Å². The van der Waals surface area contributed by atoms with E-state index in [-0.39, 0.29) is 6.61 Å². The van der Waals surface area contributed by atoms with E-state index in [1.165, 1.54) is 16.6 Å². The lowest BCUT2D eigenvalue weighted by Crippen LogP contribution is -1.97. The second kappa shape index (κ2) is 7.51. The molecule has 0 aliphatic rings. The van der Waals surface area contributed by atoms with Crippen molar-refractivity contribution in [2.75, 3.05) is 0 Å². The quantitative estimate of drug-likeness (QED) is 0.510. The van der Waals surface area contributed by atoms with Crippen molar-refractivity contribution in [2.24, 2.45) is 0 Å². The van der Waals surface area contributed by atoms with Gasteiger partial charge in [0.2, 0.25) is 0 Å². The Morgan fingerprint density at radius 2 is 2.09 bits per heavy atom. The molecule has 0 atom stereocenters. The lowest BCUT2D eigenvalue weighted by atomic mass is 10.1. The Morgan fingerprint density at radius 1 is 1.22 bits per heavy atom. The van der Waals surface area contributed by atoms with E-state index < -0.39 is 0 Å². The standard InChI is InChI=1S/C16H15BrN2O2S2/c1-10-3-4-11(2)13(7-10)20-8-15-18-19-16(21-15)22-9-12-5-6-14(17)23-12/h3-7H,8-9H2,1-2H3. The van der Waals surface area contributed by atoms with Crippen molar-refractivity contribution >= 4 is 39.0 Å².